The van der Waals surface area contributed by atoms with E-state index in [9.17, 15) is 4.79 Å². The van der Waals surface area contributed by atoms with E-state index < -0.39 is 5.97 Å². The first-order valence-electron chi connectivity index (χ1n) is 7.27. The number of hydrogen-bond donors (Lipinski definition) is 1. The number of aromatic carboxylic acids is 1. The van der Waals surface area contributed by atoms with Gasteiger partial charge < -0.3 is 9.84 Å². The summed E-state index contributed by atoms with van der Waals surface area (Å²) in [6.45, 7) is 7.00. The highest BCUT2D eigenvalue weighted by Gasteiger charge is 2.22. The van der Waals surface area contributed by atoms with Crippen LogP contribution in [0.5, 0.6) is 5.75 Å². The van der Waals surface area contributed by atoms with Gasteiger partial charge in [0.15, 0.2) is 0 Å². The van der Waals surface area contributed by atoms with Gasteiger partial charge in [-0.3, -0.25) is 4.90 Å². The van der Waals surface area contributed by atoms with Gasteiger partial charge in [-0.05, 0) is 37.8 Å². The lowest BCUT2D eigenvalue weighted by Gasteiger charge is -2.36. The highest BCUT2D eigenvalue weighted by molar-refractivity contribution is 5.90. The summed E-state index contributed by atoms with van der Waals surface area (Å²) in [4.78, 5) is 13.5. The van der Waals surface area contributed by atoms with E-state index in [1.165, 1.54) is 12.8 Å². The molecule has 1 fully saturated rings. The zero-order valence-corrected chi connectivity index (χ0v) is 12.2. The molecule has 0 aliphatic carbocycles. The molecule has 2 unspecified atom stereocenters. The number of piperidine rings is 1. The summed E-state index contributed by atoms with van der Waals surface area (Å²) in [5, 5.41) is 9.10. The Labute approximate surface area is 120 Å². The summed E-state index contributed by atoms with van der Waals surface area (Å²) in [5.74, 6) is 0.246. The van der Waals surface area contributed by atoms with Gasteiger partial charge in [0, 0.05) is 19.1 Å². The van der Waals surface area contributed by atoms with Crippen LogP contribution in [0.4, 0.5) is 0 Å². The highest BCUT2D eigenvalue weighted by atomic mass is 16.5. The third-order valence-corrected chi connectivity index (χ3v) is 4.00. The average molecular weight is 277 g/mol. The molecule has 0 aromatic heterocycles. The van der Waals surface area contributed by atoms with E-state index >= 15 is 0 Å². The van der Waals surface area contributed by atoms with Crippen molar-refractivity contribution in [3.63, 3.8) is 0 Å². The third-order valence-electron chi connectivity index (χ3n) is 4.00. The molecule has 1 aliphatic rings. The summed E-state index contributed by atoms with van der Waals surface area (Å²) < 4.78 is 5.66. The van der Waals surface area contributed by atoms with Crippen LogP contribution >= 0.6 is 0 Å². The lowest BCUT2D eigenvalue weighted by molar-refractivity contribution is 0.0689. The summed E-state index contributed by atoms with van der Waals surface area (Å²) in [6, 6.07) is 7.39. The van der Waals surface area contributed by atoms with Crippen LogP contribution in [0.3, 0.4) is 0 Å². The van der Waals surface area contributed by atoms with Gasteiger partial charge in [0.05, 0.1) is 0 Å². The van der Waals surface area contributed by atoms with Crippen LogP contribution < -0.4 is 4.74 Å². The van der Waals surface area contributed by atoms with Crippen LogP contribution in [-0.2, 0) is 0 Å². The minimum absolute atomic E-state index is 0.229. The van der Waals surface area contributed by atoms with E-state index in [1.807, 2.05) is 0 Å². The van der Waals surface area contributed by atoms with E-state index in [0.717, 1.165) is 19.0 Å². The lowest BCUT2D eigenvalue weighted by atomic mass is 9.95. The van der Waals surface area contributed by atoms with Gasteiger partial charge in [-0.15, -0.1) is 0 Å². The van der Waals surface area contributed by atoms with E-state index in [1.54, 1.807) is 24.3 Å². The number of likely N-dealkylation sites (tertiary alicyclic amines) is 1. The van der Waals surface area contributed by atoms with Crippen molar-refractivity contribution < 1.29 is 14.6 Å². The van der Waals surface area contributed by atoms with Gasteiger partial charge in [0.25, 0.3) is 0 Å². The fraction of sp³-hybridized carbons (Fsp3) is 0.562. The van der Waals surface area contributed by atoms with Gasteiger partial charge in [-0.1, -0.05) is 19.1 Å². The topological polar surface area (TPSA) is 49.8 Å². The molecule has 1 saturated heterocycles. The predicted molar refractivity (Wildman–Crippen MR) is 78.3 cm³/mol. The van der Waals surface area contributed by atoms with Gasteiger partial charge >= 0.3 is 5.97 Å². The fourth-order valence-electron chi connectivity index (χ4n) is 2.73. The standard InChI is InChI=1S/C16H23NO3/c1-12-7-8-13(2)17(11-12)9-10-20-15-6-4-3-5-14(15)16(18)19/h3-6,12-13H,7-11H2,1-2H3,(H,18,19). The maximum Gasteiger partial charge on any atom is 0.339 e. The molecule has 1 aliphatic heterocycles. The highest BCUT2D eigenvalue weighted by Crippen LogP contribution is 2.22. The van der Waals surface area contributed by atoms with Crippen molar-refractivity contribution in [2.45, 2.75) is 32.7 Å². The van der Waals surface area contributed by atoms with Gasteiger partial charge in [0.1, 0.15) is 17.9 Å². The minimum atomic E-state index is -0.944. The Bertz CT molecular complexity index is 461. The molecular weight excluding hydrogens is 254 g/mol. The van der Waals surface area contributed by atoms with E-state index in [2.05, 4.69) is 18.7 Å². The number of para-hydroxylation sites is 1. The smallest absolute Gasteiger partial charge is 0.339 e. The molecule has 2 atom stereocenters. The normalized spacial score (nSPS) is 23.5. The Hall–Kier alpha value is -1.55. The quantitative estimate of drug-likeness (QED) is 0.899. The maximum absolute atomic E-state index is 11.1. The first-order chi connectivity index (χ1) is 9.58. The van der Waals surface area contributed by atoms with Crippen molar-refractivity contribution in [1.82, 2.24) is 4.90 Å². The van der Waals surface area contributed by atoms with Crippen molar-refractivity contribution in [1.29, 1.82) is 0 Å². The molecule has 4 heteroatoms. The SMILES string of the molecule is CC1CCC(C)N(CCOc2ccccc2C(=O)O)C1. The number of nitrogens with zero attached hydrogens (tertiary/aromatic N) is 1. The molecule has 0 spiro atoms. The zero-order valence-electron chi connectivity index (χ0n) is 12.2. The number of carboxylic acids is 1. The molecule has 110 valence electrons. The molecule has 0 amide bonds. The number of carbonyl (C=O) groups is 1. The van der Waals surface area contributed by atoms with Gasteiger partial charge in [0.2, 0.25) is 0 Å². The Kier molecular flexibility index (Phi) is 5.01. The van der Waals surface area contributed by atoms with Crippen LogP contribution in [0.2, 0.25) is 0 Å². The Morgan fingerprint density at radius 3 is 2.85 bits per heavy atom. The second kappa shape index (κ2) is 6.75. The van der Waals surface area contributed by atoms with Crippen LogP contribution in [0.1, 0.15) is 37.0 Å². The summed E-state index contributed by atoms with van der Waals surface area (Å²) in [5.41, 5.74) is 0.229. The Balaban J connectivity index is 1.88. The fourth-order valence-corrected chi connectivity index (χ4v) is 2.73. The number of benzene rings is 1. The monoisotopic (exact) mass is 277 g/mol. The average Bonchev–Trinajstić information content (AvgIpc) is 2.43. The van der Waals surface area contributed by atoms with Crippen LogP contribution in [-0.4, -0.2) is 41.7 Å². The van der Waals surface area contributed by atoms with Crippen molar-refractivity contribution in [2.75, 3.05) is 19.7 Å². The molecule has 0 bridgehead atoms. The molecule has 1 N–H and O–H groups in total. The summed E-state index contributed by atoms with van der Waals surface area (Å²) in [6.07, 6.45) is 2.52. The molecule has 4 nitrogen and oxygen atoms in total. The Morgan fingerprint density at radius 2 is 2.10 bits per heavy atom. The first kappa shape index (κ1) is 14.9. The minimum Gasteiger partial charge on any atom is -0.491 e. The van der Waals surface area contributed by atoms with Gasteiger partial charge in [-0.2, -0.15) is 0 Å². The third kappa shape index (κ3) is 3.73. The molecule has 0 radical (unpaired) electrons. The number of hydrogen-bond acceptors (Lipinski definition) is 3. The second-order valence-electron chi connectivity index (χ2n) is 5.68. The molecule has 1 aromatic rings. The lowest BCUT2D eigenvalue weighted by Crippen LogP contribution is -2.43. The van der Waals surface area contributed by atoms with E-state index in [-0.39, 0.29) is 5.56 Å². The maximum atomic E-state index is 11.1. The largest absolute Gasteiger partial charge is 0.491 e. The molecule has 1 heterocycles. The molecule has 2 rings (SSSR count). The molecule has 1 aromatic carbocycles. The van der Waals surface area contributed by atoms with Crippen molar-refractivity contribution >= 4 is 5.97 Å². The predicted octanol–water partition coefficient (Wildman–Crippen LogP) is 2.88. The van der Waals surface area contributed by atoms with Crippen molar-refractivity contribution in [3.05, 3.63) is 29.8 Å². The van der Waals surface area contributed by atoms with Crippen LogP contribution in [0.25, 0.3) is 0 Å². The zero-order chi connectivity index (χ0) is 14.5. The van der Waals surface area contributed by atoms with E-state index in [0.29, 0.717) is 18.4 Å². The second-order valence-corrected chi connectivity index (χ2v) is 5.68. The van der Waals surface area contributed by atoms with E-state index in [4.69, 9.17) is 9.84 Å². The van der Waals surface area contributed by atoms with Crippen molar-refractivity contribution in [2.24, 2.45) is 5.92 Å². The Morgan fingerprint density at radius 1 is 1.35 bits per heavy atom. The molecule has 20 heavy (non-hydrogen) atoms. The number of rotatable bonds is 5. The first-order valence-corrected chi connectivity index (χ1v) is 7.27. The van der Waals surface area contributed by atoms with Crippen LogP contribution in [0, 0.1) is 5.92 Å². The van der Waals surface area contributed by atoms with Crippen LogP contribution in [0.15, 0.2) is 24.3 Å². The number of carboxylic acid groups (broad SMARTS) is 1. The molecular formula is C16H23NO3. The number of ether oxygens (including phenoxy) is 1. The summed E-state index contributed by atoms with van der Waals surface area (Å²) in [7, 11) is 0. The molecule has 0 saturated carbocycles. The summed E-state index contributed by atoms with van der Waals surface area (Å²) >= 11 is 0. The van der Waals surface area contributed by atoms with Gasteiger partial charge in [-0.25, -0.2) is 4.79 Å². The van der Waals surface area contributed by atoms with Crippen molar-refractivity contribution in [3.8, 4) is 5.75 Å².